The number of phenols is 1. The molecular formula is C14H23NO8Ti. The van der Waals surface area contributed by atoms with Crippen LogP contribution in [-0.2, 0) is 37.4 Å². The second-order valence-corrected chi connectivity index (χ2v) is 4.05. The second kappa shape index (κ2) is 20.0. The van der Waals surface area contributed by atoms with Gasteiger partial charge >= 0.3 is 27.7 Å². The first kappa shape index (κ1) is 30.8. The second-order valence-electron chi connectivity index (χ2n) is 4.05. The first-order valence-electron chi connectivity index (χ1n) is 6.51. The van der Waals surface area contributed by atoms with Crippen LogP contribution >= 0.6 is 0 Å². The zero-order chi connectivity index (χ0) is 16.1. The number of phenolic OH excluding ortho intramolecular Hbond substituents is 1. The topological polar surface area (TPSA) is 167 Å². The summed E-state index contributed by atoms with van der Waals surface area (Å²) < 4.78 is 4.46. The molecule has 136 valence electrons. The molecule has 0 atom stereocenters. The van der Waals surface area contributed by atoms with Gasteiger partial charge in [0.2, 0.25) is 0 Å². The van der Waals surface area contributed by atoms with E-state index in [0.29, 0.717) is 25.2 Å². The number of aliphatic hydroxyl groups is 3. The molecule has 24 heavy (non-hydrogen) atoms. The van der Waals surface area contributed by atoms with Crippen LogP contribution in [0.5, 0.6) is 5.75 Å². The van der Waals surface area contributed by atoms with Crippen LogP contribution in [0.4, 0.5) is 0 Å². The molecule has 1 aromatic carbocycles. The molecule has 0 bridgehead atoms. The number of hydrogen-bond donors (Lipinski definition) is 4. The molecule has 0 saturated carbocycles. The van der Waals surface area contributed by atoms with Gasteiger partial charge in [-0.15, -0.1) is 0 Å². The van der Waals surface area contributed by atoms with Crippen molar-refractivity contribution in [2.45, 2.75) is 0 Å². The van der Waals surface area contributed by atoms with Crippen LogP contribution in [0.15, 0.2) is 24.3 Å². The summed E-state index contributed by atoms with van der Waals surface area (Å²) in [6, 6.07) is 5.88. The van der Waals surface area contributed by atoms with Gasteiger partial charge in [-0.2, -0.15) is 0 Å². The van der Waals surface area contributed by atoms with Crippen molar-refractivity contribution in [3.05, 3.63) is 29.8 Å². The van der Waals surface area contributed by atoms with E-state index >= 15 is 0 Å². The van der Waals surface area contributed by atoms with Gasteiger partial charge in [0.15, 0.2) is 0 Å². The van der Waals surface area contributed by atoms with Gasteiger partial charge in [0.25, 0.3) is 0 Å². The summed E-state index contributed by atoms with van der Waals surface area (Å²) in [5.74, 6) is -0.261. The minimum absolute atomic E-state index is 0. The Balaban J connectivity index is -0.000000149. The average Bonchev–Trinajstić information content (AvgIpc) is 2.49. The van der Waals surface area contributed by atoms with E-state index in [0.717, 1.165) is 0 Å². The number of hydrogen-bond acceptors (Lipinski definition) is 7. The fraction of sp³-hybridized carbons (Fsp3) is 0.500. The van der Waals surface area contributed by atoms with Crippen molar-refractivity contribution in [1.29, 1.82) is 0 Å². The maximum absolute atomic E-state index is 10.8. The van der Waals surface area contributed by atoms with Crippen molar-refractivity contribution >= 4 is 5.97 Å². The van der Waals surface area contributed by atoms with Crippen molar-refractivity contribution in [3.8, 4) is 5.75 Å². The Morgan fingerprint density at radius 1 is 0.958 bits per heavy atom. The molecule has 4 N–H and O–H groups in total. The molecule has 10 heteroatoms. The number of benzene rings is 1. The van der Waals surface area contributed by atoms with E-state index in [9.17, 15) is 4.79 Å². The van der Waals surface area contributed by atoms with E-state index in [2.05, 4.69) is 4.74 Å². The van der Waals surface area contributed by atoms with Gasteiger partial charge in [0.05, 0.1) is 32.5 Å². The molecule has 0 aromatic heterocycles. The van der Waals surface area contributed by atoms with Crippen molar-refractivity contribution in [2.75, 3.05) is 46.6 Å². The Bertz CT molecular complexity index is 377. The summed E-state index contributed by atoms with van der Waals surface area (Å²) in [6.45, 7) is 1.75. The molecule has 0 amide bonds. The van der Waals surface area contributed by atoms with Crippen molar-refractivity contribution in [3.63, 3.8) is 0 Å². The van der Waals surface area contributed by atoms with Gasteiger partial charge in [-0.3, -0.25) is 4.90 Å². The summed E-state index contributed by atoms with van der Waals surface area (Å²) >= 11 is 0. The number of rotatable bonds is 7. The Morgan fingerprint density at radius 2 is 1.33 bits per heavy atom. The van der Waals surface area contributed by atoms with Crippen LogP contribution < -0.4 is 0 Å². The first-order valence-corrected chi connectivity index (χ1v) is 6.51. The van der Waals surface area contributed by atoms with Gasteiger partial charge < -0.3 is 36.1 Å². The third-order valence-electron chi connectivity index (χ3n) is 2.54. The summed E-state index contributed by atoms with van der Waals surface area (Å²) in [7, 11) is 1.31. The van der Waals surface area contributed by atoms with Crippen molar-refractivity contribution in [2.24, 2.45) is 0 Å². The molecule has 1 aromatic rings. The van der Waals surface area contributed by atoms with Crippen molar-refractivity contribution < 1.29 is 62.6 Å². The summed E-state index contributed by atoms with van der Waals surface area (Å²) in [4.78, 5) is 12.6. The van der Waals surface area contributed by atoms with Crippen LogP contribution in [0.2, 0.25) is 0 Å². The standard InChI is InChI=1S/C8H8O3.C6H15NO3.2O.Ti/c1-11-8(10)6-2-4-7(9)5-3-6;8-4-1-7(2-5-9)3-6-10;;;/h2-5,9H,1H3;8-10H,1-6H2;;;/q;;2*-2;+4. The molecule has 0 unspecified atom stereocenters. The van der Waals surface area contributed by atoms with Crippen LogP contribution in [0.3, 0.4) is 0 Å². The molecule has 0 aliphatic carbocycles. The van der Waals surface area contributed by atoms with E-state index < -0.39 is 5.97 Å². The van der Waals surface area contributed by atoms with E-state index in [1.807, 2.05) is 0 Å². The normalized spacial score (nSPS) is 8.71. The third-order valence-corrected chi connectivity index (χ3v) is 2.54. The molecule has 0 aliphatic rings. The molecule has 0 heterocycles. The molecular weight excluding hydrogens is 358 g/mol. The number of esters is 1. The Labute approximate surface area is 156 Å². The number of methoxy groups -OCH3 is 1. The Morgan fingerprint density at radius 3 is 1.62 bits per heavy atom. The summed E-state index contributed by atoms with van der Waals surface area (Å²) in [6.07, 6.45) is 0. The Hall–Kier alpha value is -1.04. The minimum atomic E-state index is -0.398. The molecule has 0 spiro atoms. The predicted molar refractivity (Wildman–Crippen MR) is 78.5 cm³/mol. The largest absolute Gasteiger partial charge is 4.00 e. The average molecular weight is 381 g/mol. The van der Waals surface area contributed by atoms with Crippen LogP contribution in [0.25, 0.3) is 0 Å². The summed E-state index contributed by atoms with van der Waals surface area (Å²) in [5, 5.41) is 34.3. The van der Waals surface area contributed by atoms with E-state index in [4.69, 9.17) is 20.4 Å². The van der Waals surface area contributed by atoms with Gasteiger partial charge in [-0.05, 0) is 24.3 Å². The van der Waals surface area contributed by atoms with Gasteiger partial charge in [-0.25, -0.2) is 4.79 Å². The molecule has 0 radical (unpaired) electrons. The molecule has 0 saturated heterocycles. The number of ether oxygens (including phenoxy) is 1. The number of carbonyl (C=O) groups is 1. The summed E-state index contributed by atoms with van der Waals surface area (Å²) in [5.41, 5.74) is 0.435. The quantitative estimate of drug-likeness (QED) is 0.354. The number of aliphatic hydroxyl groups excluding tert-OH is 3. The molecule has 1 rings (SSSR count). The minimum Gasteiger partial charge on any atom is -2.00 e. The van der Waals surface area contributed by atoms with Gasteiger partial charge in [-0.1, -0.05) is 0 Å². The van der Waals surface area contributed by atoms with Crippen LogP contribution in [0, 0.1) is 0 Å². The van der Waals surface area contributed by atoms with Crippen LogP contribution in [-0.4, -0.2) is 77.9 Å². The zero-order valence-corrected chi connectivity index (χ0v) is 15.0. The maximum atomic E-state index is 10.8. The van der Waals surface area contributed by atoms with E-state index in [1.54, 1.807) is 4.90 Å². The first-order chi connectivity index (χ1) is 10.1. The van der Waals surface area contributed by atoms with E-state index in [1.165, 1.54) is 31.4 Å². The molecule has 9 nitrogen and oxygen atoms in total. The monoisotopic (exact) mass is 381 g/mol. The van der Waals surface area contributed by atoms with Gasteiger partial charge in [0, 0.05) is 19.6 Å². The predicted octanol–water partition coefficient (Wildman–Crippen LogP) is -0.796. The van der Waals surface area contributed by atoms with Crippen LogP contribution in [0.1, 0.15) is 10.4 Å². The fourth-order valence-corrected chi connectivity index (χ4v) is 1.48. The third kappa shape index (κ3) is 14.5. The number of nitrogens with zero attached hydrogens (tertiary/aromatic N) is 1. The SMILES string of the molecule is COC(=O)c1ccc(O)cc1.OCCN(CCO)CCO.[O-2].[O-2].[Ti+4]. The maximum Gasteiger partial charge on any atom is 4.00 e. The van der Waals surface area contributed by atoms with Crippen molar-refractivity contribution in [1.82, 2.24) is 4.90 Å². The molecule has 0 fully saturated rings. The van der Waals surface area contributed by atoms with Gasteiger partial charge in [0.1, 0.15) is 5.75 Å². The number of aromatic hydroxyl groups is 1. The Kier molecular flexibility index (Phi) is 25.7. The smallest absolute Gasteiger partial charge is 2.00 e. The zero-order valence-electron chi connectivity index (χ0n) is 13.4. The van der Waals surface area contributed by atoms with E-state index in [-0.39, 0.29) is 58.2 Å². The molecule has 0 aliphatic heterocycles. The number of carbonyl (C=O) groups excluding carboxylic acids is 1. The fourth-order valence-electron chi connectivity index (χ4n) is 1.48.